The van der Waals surface area contributed by atoms with E-state index in [-0.39, 0.29) is 23.4 Å². The second-order valence-electron chi connectivity index (χ2n) is 6.76. The summed E-state index contributed by atoms with van der Waals surface area (Å²) in [5, 5.41) is 12.6. The van der Waals surface area contributed by atoms with E-state index in [1.807, 2.05) is 6.07 Å². The SMILES string of the molecule is Cc1ncc(CO)c2cc(C(=O)Nc3ccc(F)cc3F)c(=Nc3ccccc3)oc12. The number of halogens is 2. The van der Waals surface area contributed by atoms with Crippen LogP contribution < -0.4 is 10.9 Å². The van der Waals surface area contributed by atoms with E-state index in [2.05, 4.69) is 15.3 Å². The molecule has 0 unspecified atom stereocenters. The van der Waals surface area contributed by atoms with Crippen LogP contribution in [0.25, 0.3) is 11.0 Å². The van der Waals surface area contributed by atoms with Gasteiger partial charge in [0.1, 0.15) is 17.2 Å². The van der Waals surface area contributed by atoms with Crippen LogP contribution in [0.4, 0.5) is 20.2 Å². The molecule has 31 heavy (non-hydrogen) atoms. The zero-order valence-corrected chi connectivity index (χ0v) is 16.4. The van der Waals surface area contributed by atoms with E-state index in [4.69, 9.17) is 4.42 Å². The summed E-state index contributed by atoms with van der Waals surface area (Å²) in [4.78, 5) is 21.6. The summed E-state index contributed by atoms with van der Waals surface area (Å²) in [5.41, 5.74) is 1.72. The predicted octanol–water partition coefficient (Wildman–Crippen LogP) is 4.39. The Balaban J connectivity index is 1.91. The second-order valence-corrected chi connectivity index (χ2v) is 6.76. The number of aliphatic hydroxyl groups excluding tert-OH is 1. The molecule has 0 saturated carbocycles. The molecule has 0 aliphatic carbocycles. The van der Waals surface area contributed by atoms with Gasteiger partial charge >= 0.3 is 0 Å². The zero-order valence-electron chi connectivity index (χ0n) is 16.4. The number of nitrogens with one attached hydrogen (secondary N) is 1. The quantitative estimate of drug-likeness (QED) is 0.512. The fourth-order valence-electron chi connectivity index (χ4n) is 3.06. The lowest BCUT2D eigenvalue weighted by Gasteiger charge is -2.10. The number of para-hydroxylation sites is 1. The summed E-state index contributed by atoms with van der Waals surface area (Å²) >= 11 is 0. The van der Waals surface area contributed by atoms with Crippen LogP contribution in [0.2, 0.25) is 0 Å². The standard InChI is InChI=1S/C23H17F2N3O3/c1-13-21-17(14(12-29)11-26-13)10-18(23(31-21)27-16-5-3-2-4-6-16)22(30)28-20-8-7-15(24)9-19(20)25/h2-11,29H,12H2,1H3,(H,28,30). The van der Waals surface area contributed by atoms with Crippen molar-refractivity contribution in [2.24, 2.45) is 4.99 Å². The molecule has 2 aromatic heterocycles. The number of benzene rings is 2. The smallest absolute Gasteiger partial charge is 0.261 e. The van der Waals surface area contributed by atoms with E-state index in [9.17, 15) is 18.7 Å². The predicted molar refractivity (Wildman–Crippen MR) is 111 cm³/mol. The molecule has 2 N–H and O–H groups in total. The molecule has 0 aliphatic rings. The molecule has 1 amide bonds. The van der Waals surface area contributed by atoms with Gasteiger partial charge in [-0.25, -0.2) is 13.8 Å². The first-order valence-electron chi connectivity index (χ1n) is 9.35. The first-order valence-corrected chi connectivity index (χ1v) is 9.35. The lowest BCUT2D eigenvalue weighted by atomic mass is 10.1. The number of fused-ring (bicyclic) bond motifs is 1. The van der Waals surface area contributed by atoms with E-state index < -0.39 is 17.5 Å². The van der Waals surface area contributed by atoms with Crippen molar-refractivity contribution in [1.29, 1.82) is 0 Å². The van der Waals surface area contributed by atoms with Gasteiger partial charge in [0.2, 0.25) is 5.55 Å². The highest BCUT2D eigenvalue weighted by atomic mass is 19.1. The first-order chi connectivity index (χ1) is 15.0. The Labute approximate surface area is 175 Å². The van der Waals surface area contributed by atoms with Gasteiger partial charge in [0.15, 0.2) is 5.58 Å². The molecule has 0 aliphatic heterocycles. The highest BCUT2D eigenvalue weighted by Gasteiger charge is 2.17. The number of hydrogen-bond acceptors (Lipinski definition) is 5. The van der Waals surface area contributed by atoms with Gasteiger partial charge in [-0.1, -0.05) is 18.2 Å². The maximum Gasteiger partial charge on any atom is 0.261 e. The number of carbonyl (C=O) groups excluding carboxylic acids is 1. The Morgan fingerprint density at radius 1 is 1.16 bits per heavy atom. The molecule has 0 fully saturated rings. The van der Waals surface area contributed by atoms with Crippen LogP contribution in [-0.4, -0.2) is 16.0 Å². The van der Waals surface area contributed by atoms with Crippen molar-refractivity contribution in [3.05, 3.63) is 94.8 Å². The fourth-order valence-corrected chi connectivity index (χ4v) is 3.06. The van der Waals surface area contributed by atoms with Gasteiger partial charge in [-0.2, -0.15) is 0 Å². The van der Waals surface area contributed by atoms with Crippen LogP contribution in [0.5, 0.6) is 0 Å². The third kappa shape index (κ3) is 4.19. The van der Waals surface area contributed by atoms with E-state index >= 15 is 0 Å². The normalized spacial score (nSPS) is 11.7. The van der Waals surface area contributed by atoms with Crippen LogP contribution in [0.15, 0.2) is 70.2 Å². The number of carbonyl (C=O) groups is 1. The number of amides is 1. The summed E-state index contributed by atoms with van der Waals surface area (Å²) in [5.74, 6) is -2.38. The van der Waals surface area contributed by atoms with Crippen molar-refractivity contribution in [3.63, 3.8) is 0 Å². The van der Waals surface area contributed by atoms with Crippen LogP contribution >= 0.6 is 0 Å². The molecule has 6 nitrogen and oxygen atoms in total. The van der Waals surface area contributed by atoms with Crippen LogP contribution in [0.3, 0.4) is 0 Å². The number of pyridine rings is 1. The molecular weight excluding hydrogens is 404 g/mol. The maximum atomic E-state index is 14.1. The number of aryl methyl sites for hydroxylation is 1. The van der Waals surface area contributed by atoms with Crippen molar-refractivity contribution in [3.8, 4) is 0 Å². The molecule has 0 radical (unpaired) electrons. The van der Waals surface area contributed by atoms with Crippen molar-refractivity contribution in [1.82, 2.24) is 4.98 Å². The summed E-state index contributed by atoms with van der Waals surface area (Å²) in [6.45, 7) is 1.41. The second kappa shape index (κ2) is 8.45. The van der Waals surface area contributed by atoms with Crippen molar-refractivity contribution in [2.45, 2.75) is 13.5 Å². The van der Waals surface area contributed by atoms with E-state index in [1.54, 1.807) is 31.2 Å². The maximum absolute atomic E-state index is 14.1. The van der Waals surface area contributed by atoms with Gasteiger partial charge in [0.25, 0.3) is 5.91 Å². The molecule has 2 aromatic carbocycles. The Morgan fingerprint density at radius 3 is 2.65 bits per heavy atom. The van der Waals surface area contributed by atoms with E-state index in [0.29, 0.717) is 34.0 Å². The highest BCUT2D eigenvalue weighted by molar-refractivity contribution is 6.05. The average molecular weight is 421 g/mol. The van der Waals surface area contributed by atoms with Gasteiger partial charge in [0, 0.05) is 23.2 Å². The van der Waals surface area contributed by atoms with Gasteiger partial charge < -0.3 is 14.8 Å². The molecule has 8 heteroatoms. The molecule has 0 atom stereocenters. The highest BCUT2D eigenvalue weighted by Crippen LogP contribution is 2.22. The third-order valence-corrected chi connectivity index (χ3v) is 4.63. The lowest BCUT2D eigenvalue weighted by Crippen LogP contribution is -2.22. The van der Waals surface area contributed by atoms with Gasteiger partial charge in [0.05, 0.1) is 23.7 Å². The van der Waals surface area contributed by atoms with Crippen molar-refractivity contribution in [2.75, 3.05) is 5.32 Å². The van der Waals surface area contributed by atoms with Crippen LogP contribution in [0.1, 0.15) is 21.6 Å². The number of rotatable bonds is 4. The summed E-state index contributed by atoms with van der Waals surface area (Å²) in [7, 11) is 0. The Morgan fingerprint density at radius 2 is 1.94 bits per heavy atom. The van der Waals surface area contributed by atoms with Gasteiger partial charge in [-0.15, -0.1) is 0 Å². The monoisotopic (exact) mass is 421 g/mol. The molecule has 0 spiro atoms. The average Bonchev–Trinajstić information content (AvgIpc) is 2.76. The van der Waals surface area contributed by atoms with E-state index in [0.717, 1.165) is 12.1 Å². The zero-order chi connectivity index (χ0) is 22.0. The number of hydrogen-bond donors (Lipinski definition) is 2. The third-order valence-electron chi connectivity index (χ3n) is 4.63. The number of anilines is 1. The Hall–Kier alpha value is -3.91. The van der Waals surface area contributed by atoms with Crippen molar-refractivity contribution < 1.29 is 23.1 Å². The van der Waals surface area contributed by atoms with E-state index in [1.165, 1.54) is 12.3 Å². The minimum absolute atomic E-state index is 0.0142. The minimum atomic E-state index is -0.913. The summed E-state index contributed by atoms with van der Waals surface area (Å²) in [6, 6.07) is 13.2. The molecule has 2 heterocycles. The number of nitrogens with zero attached hydrogens (tertiary/aromatic N) is 2. The Bertz CT molecular complexity index is 1350. The summed E-state index contributed by atoms with van der Waals surface area (Å²) < 4.78 is 33.2. The topological polar surface area (TPSA) is 87.7 Å². The number of aromatic nitrogens is 1. The molecular formula is C23H17F2N3O3. The minimum Gasteiger partial charge on any atom is -0.436 e. The fraction of sp³-hybridized carbons (Fsp3) is 0.0870. The molecule has 4 aromatic rings. The van der Waals surface area contributed by atoms with Crippen LogP contribution in [-0.2, 0) is 6.61 Å². The Kier molecular flexibility index (Phi) is 5.55. The van der Waals surface area contributed by atoms with Crippen LogP contribution in [0, 0.1) is 18.6 Å². The molecule has 156 valence electrons. The molecule has 4 rings (SSSR count). The van der Waals surface area contributed by atoms with Crippen molar-refractivity contribution >= 4 is 28.3 Å². The van der Waals surface area contributed by atoms with Gasteiger partial charge in [-0.05, 0) is 37.3 Å². The first kappa shape index (κ1) is 20.4. The largest absolute Gasteiger partial charge is 0.436 e. The summed E-state index contributed by atoms with van der Waals surface area (Å²) in [6.07, 6.45) is 1.49. The number of aliphatic hydroxyl groups is 1. The van der Waals surface area contributed by atoms with Gasteiger partial charge in [-0.3, -0.25) is 9.78 Å². The lowest BCUT2D eigenvalue weighted by molar-refractivity contribution is 0.102. The molecule has 0 bridgehead atoms. The molecule has 0 saturated heterocycles.